The molecule has 0 aromatic heterocycles. The van der Waals surface area contributed by atoms with E-state index >= 15 is 0 Å². The molecule has 1 aromatic carbocycles. The summed E-state index contributed by atoms with van der Waals surface area (Å²) in [7, 11) is 0. The van der Waals surface area contributed by atoms with Crippen LogP contribution in [0.15, 0.2) is 30.3 Å². The molecule has 1 spiro atoms. The molecule has 17 heavy (non-hydrogen) atoms. The van der Waals surface area contributed by atoms with Crippen LogP contribution in [0.5, 0.6) is 0 Å². The SMILES string of the molecule is c1ccc(C2CCCC3(CCNCC3)O2)cc1. The van der Waals surface area contributed by atoms with Gasteiger partial charge in [-0.2, -0.15) is 0 Å². The van der Waals surface area contributed by atoms with E-state index in [9.17, 15) is 0 Å². The lowest BCUT2D eigenvalue weighted by Crippen LogP contribution is -2.46. The molecule has 2 heterocycles. The van der Waals surface area contributed by atoms with Crippen molar-refractivity contribution in [2.45, 2.75) is 43.8 Å². The molecule has 0 aliphatic carbocycles. The Bertz CT molecular complexity index is 351. The molecule has 92 valence electrons. The van der Waals surface area contributed by atoms with Crippen LogP contribution in [0.4, 0.5) is 0 Å². The Kier molecular flexibility index (Phi) is 3.17. The molecular weight excluding hydrogens is 210 g/mol. The predicted molar refractivity (Wildman–Crippen MR) is 69.0 cm³/mol. The fraction of sp³-hybridized carbons (Fsp3) is 0.600. The van der Waals surface area contributed by atoms with Gasteiger partial charge in [0.25, 0.3) is 0 Å². The average Bonchev–Trinajstić information content (AvgIpc) is 2.41. The van der Waals surface area contributed by atoms with Gasteiger partial charge in [0, 0.05) is 0 Å². The van der Waals surface area contributed by atoms with E-state index in [2.05, 4.69) is 35.6 Å². The van der Waals surface area contributed by atoms with E-state index in [1.807, 2.05) is 0 Å². The molecule has 0 saturated carbocycles. The van der Waals surface area contributed by atoms with Gasteiger partial charge in [-0.3, -0.25) is 0 Å². The highest BCUT2D eigenvalue weighted by atomic mass is 16.5. The normalized spacial score (nSPS) is 28.1. The van der Waals surface area contributed by atoms with E-state index in [1.165, 1.54) is 37.7 Å². The Hall–Kier alpha value is -0.860. The van der Waals surface area contributed by atoms with Crippen LogP contribution < -0.4 is 5.32 Å². The summed E-state index contributed by atoms with van der Waals surface area (Å²) in [6, 6.07) is 10.7. The highest BCUT2D eigenvalue weighted by molar-refractivity contribution is 5.18. The number of hydrogen-bond acceptors (Lipinski definition) is 2. The Labute approximate surface area is 103 Å². The first-order valence-corrected chi connectivity index (χ1v) is 6.82. The summed E-state index contributed by atoms with van der Waals surface area (Å²) in [6.07, 6.45) is 6.41. The quantitative estimate of drug-likeness (QED) is 0.802. The molecule has 2 nitrogen and oxygen atoms in total. The highest BCUT2D eigenvalue weighted by Crippen LogP contribution is 2.41. The summed E-state index contributed by atoms with van der Waals surface area (Å²) in [6.45, 7) is 2.23. The maximum absolute atomic E-state index is 6.46. The van der Waals surface area contributed by atoms with Crippen LogP contribution in [0.25, 0.3) is 0 Å². The Morgan fingerprint density at radius 3 is 2.59 bits per heavy atom. The fourth-order valence-electron chi connectivity index (χ4n) is 3.18. The molecule has 2 aliphatic rings. The number of hydrogen-bond donors (Lipinski definition) is 1. The second kappa shape index (κ2) is 4.79. The van der Waals surface area contributed by atoms with Crippen LogP contribution in [-0.2, 0) is 4.74 Å². The third-order valence-electron chi connectivity index (χ3n) is 4.18. The zero-order valence-corrected chi connectivity index (χ0v) is 10.3. The zero-order chi connectivity index (χ0) is 11.6. The lowest BCUT2D eigenvalue weighted by atomic mass is 9.83. The summed E-state index contributed by atoms with van der Waals surface area (Å²) < 4.78 is 6.46. The first-order valence-electron chi connectivity index (χ1n) is 6.82. The lowest BCUT2D eigenvalue weighted by Gasteiger charge is -2.44. The summed E-state index contributed by atoms with van der Waals surface area (Å²) in [5, 5.41) is 3.43. The maximum atomic E-state index is 6.46. The molecule has 2 fully saturated rings. The first kappa shape index (κ1) is 11.2. The minimum atomic E-state index is 0.171. The highest BCUT2D eigenvalue weighted by Gasteiger charge is 2.38. The fourth-order valence-corrected chi connectivity index (χ4v) is 3.18. The minimum Gasteiger partial charge on any atom is -0.367 e. The standard InChI is InChI=1S/C15H21NO/c1-2-5-13(6-3-1)14-7-4-8-15(17-14)9-11-16-12-10-15/h1-3,5-6,14,16H,4,7-12H2. The van der Waals surface area contributed by atoms with Gasteiger partial charge in [0.2, 0.25) is 0 Å². The monoisotopic (exact) mass is 231 g/mol. The van der Waals surface area contributed by atoms with Crippen LogP contribution >= 0.6 is 0 Å². The van der Waals surface area contributed by atoms with E-state index in [4.69, 9.17) is 4.74 Å². The van der Waals surface area contributed by atoms with E-state index in [-0.39, 0.29) is 5.60 Å². The van der Waals surface area contributed by atoms with Crippen molar-refractivity contribution in [3.05, 3.63) is 35.9 Å². The van der Waals surface area contributed by atoms with E-state index in [1.54, 1.807) is 0 Å². The van der Waals surface area contributed by atoms with Gasteiger partial charge in [-0.25, -0.2) is 0 Å². The second-order valence-electron chi connectivity index (χ2n) is 5.34. The van der Waals surface area contributed by atoms with Crippen LogP contribution in [0.3, 0.4) is 0 Å². The maximum Gasteiger partial charge on any atom is 0.0832 e. The van der Waals surface area contributed by atoms with Crippen molar-refractivity contribution in [1.82, 2.24) is 5.32 Å². The molecule has 0 bridgehead atoms. The summed E-state index contributed by atoms with van der Waals surface area (Å²) in [5.41, 5.74) is 1.52. The van der Waals surface area contributed by atoms with Crippen molar-refractivity contribution in [3.8, 4) is 0 Å². The van der Waals surface area contributed by atoms with Gasteiger partial charge >= 0.3 is 0 Å². The van der Waals surface area contributed by atoms with Gasteiger partial charge < -0.3 is 10.1 Å². The average molecular weight is 231 g/mol. The first-order chi connectivity index (χ1) is 8.38. The van der Waals surface area contributed by atoms with Crippen LogP contribution in [-0.4, -0.2) is 18.7 Å². The third-order valence-corrected chi connectivity index (χ3v) is 4.18. The molecule has 1 N–H and O–H groups in total. The summed E-state index contributed by atoms with van der Waals surface area (Å²) in [4.78, 5) is 0. The van der Waals surface area contributed by atoms with Gasteiger partial charge in [0.1, 0.15) is 0 Å². The van der Waals surface area contributed by atoms with Crippen molar-refractivity contribution in [2.75, 3.05) is 13.1 Å². The molecule has 2 saturated heterocycles. The van der Waals surface area contributed by atoms with Gasteiger partial charge in [0.05, 0.1) is 11.7 Å². The number of rotatable bonds is 1. The molecule has 1 unspecified atom stereocenters. The van der Waals surface area contributed by atoms with Crippen LogP contribution in [0.1, 0.15) is 43.8 Å². The Morgan fingerprint density at radius 1 is 1.06 bits per heavy atom. The Morgan fingerprint density at radius 2 is 1.82 bits per heavy atom. The number of nitrogens with one attached hydrogen (secondary N) is 1. The lowest BCUT2D eigenvalue weighted by molar-refractivity contribution is -0.144. The molecule has 2 aliphatic heterocycles. The van der Waals surface area contributed by atoms with Gasteiger partial charge in [-0.05, 0) is 50.8 Å². The molecule has 0 radical (unpaired) electrons. The molecule has 1 aromatic rings. The van der Waals surface area contributed by atoms with Crippen molar-refractivity contribution in [2.24, 2.45) is 0 Å². The summed E-state index contributed by atoms with van der Waals surface area (Å²) >= 11 is 0. The molecule has 2 heteroatoms. The summed E-state index contributed by atoms with van der Waals surface area (Å²) in [5.74, 6) is 0. The van der Waals surface area contributed by atoms with E-state index in [0.29, 0.717) is 6.10 Å². The third kappa shape index (κ3) is 2.38. The van der Waals surface area contributed by atoms with E-state index < -0.39 is 0 Å². The smallest absolute Gasteiger partial charge is 0.0832 e. The Balaban J connectivity index is 1.75. The minimum absolute atomic E-state index is 0.171. The van der Waals surface area contributed by atoms with Gasteiger partial charge in [-0.1, -0.05) is 30.3 Å². The van der Waals surface area contributed by atoms with Crippen LogP contribution in [0.2, 0.25) is 0 Å². The van der Waals surface area contributed by atoms with Crippen LogP contribution in [0, 0.1) is 0 Å². The van der Waals surface area contributed by atoms with Gasteiger partial charge in [-0.15, -0.1) is 0 Å². The largest absolute Gasteiger partial charge is 0.367 e. The number of ether oxygens (including phenoxy) is 1. The molecular formula is C15H21NO. The van der Waals surface area contributed by atoms with E-state index in [0.717, 1.165) is 13.1 Å². The molecule has 3 rings (SSSR count). The van der Waals surface area contributed by atoms with Crippen molar-refractivity contribution >= 4 is 0 Å². The van der Waals surface area contributed by atoms with Crippen molar-refractivity contribution in [3.63, 3.8) is 0 Å². The molecule has 1 atom stereocenters. The van der Waals surface area contributed by atoms with Crippen molar-refractivity contribution in [1.29, 1.82) is 0 Å². The number of piperidine rings is 1. The predicted octanol–water partition coefficient (Wildman–Crippen LogP) is 3.05. The topological polar surface area (TPSA) is 21.3 Å². The van der Waals surface area contributed by atoms with Crippen molar-refractivity contribution < 1.29 is 4.74 Å². The second-order valence-corrected chi connectivity index (χ2v) is 5.34. The zero-order valence-electron chi connectivity index (χ0n) is 10.3. The number of benzene rings is 1. The van der Waals surface area contributed by atoms with Gasteiger partial charge in [0.15, 0.2) is 0 Å². The molecule has 0 amide bonds.